The number of ether oxygens (including phenoxy) is 12. The van der Waals surface area contributed by atoms with Crippen LogP contribution in [0, 0.1) is 0 Å². The van der Waals surface area contributed by atoms with Crippen LogP contribution in [0.4, 0.5) is 21.0 Å². The number of unbranched alkanes of at least 4 members (excludes halogenated alkanes) is 1. The third kappa shape index (κ3) is 36.8. The monoisotopic (exact) mass is 1100 g/mol. The number of carbonyl (C=O) groups excluding carboxylic acids is 4. The van der Waals surface area contributed by atoms with Crippen LogP contribution in [0.15, 0.2) is 60.9 Å². The molecule has 2 saturated heterocycles. The Kier molecular flexibility index (Phi) is 46.3. The number of aromatic nitrogens is 2. The van der Waals surface area contributed by atoms with Crippen LogP contribution in [0.3, 0.4) is 0 Å². The van der Waals surface area contributed by atoms with E-state index in [9.17, 15) is 9.59 Å². The molecule has 6 rings (SSSR count). The summed E-state index contributed by atoms with van der Waals surface area (Å²) in [6, 6.07) is 14.9. The maximum atomic E-state index is 12.1. The number of hydrogen-bond acceptors (Lipinski definition) is 18. The van der Waals surface area contributed by atoms with Crippen molar-refractivity contribution in [3.63, 3.8) is 0 Å². The zero-order valence-electron chi connectivity index (χ0n) is 42.9. The SMILES string of the molecule is C1COCCOCCOCCOCCOCCO1.C1COCCOCCOCCOCCOCCO1.O=C(NCCCCNC(=O)Nc1cccc2cc[nH]c12)Nc1cccc2cc[nH]c12.O=C([O-])C(=O)[O-].[K+].[K+]. The van der Waals surface area contributed by atoms with Crippen LogP contribution >= 0.6 is 0 Å². The number of hydrogen-bond donors (Lipinski definition) is 6. The molecule has 2 aromatic carbocycles. The largest absolute Gasteiger partial charge is 1.00 e. The fourth-order valence-electron chi connectivity index (χ4n) is 6.00. The number of H-pyrrole nitrogens is 2. The molecule has 4 heterocycles. The van der Waals surface area contributed by atoms with E-state index >= 15 is 0 Å². The number of benzene rings is 2. The number of nitrogens with one attached hydrogen (secondary N) is 6. The molecule has 4 amide bonds. The Balaban J connectivity index is 0.000000543. The van der Waals surface area contributed by atoms with Gasteiger partial charge in [-0.15, -0.1) is 0 Å². The number of aromatic amines is 2. The molecule has 0 saturated carbocycles. The number of urea groups is 2. The second kappa shape index (κ2) is 49.1. The Morgan fingerprint density at radius 3 is 0.824 bits per heavy atom. The van der Waals surface area contributed by atoms with Crippen molar-refractivity contribution >= 4 is 57.2 Å². The van der Waals surface area contributed by atoms with Crippen molar-refractivity contribution in [1.82, 2.24) is 20.6 Å². The molecule has 6 N–H and O–H groups in total. The molecule has 404 valence electrons. The molecule has 26 heteroatoms. The number of carbonyl (C=O) groups is 4. The molecule has 24 nitrogen and oxygen atoms in total. The Bertz CT molecular complexity index is 1730. The van der Waals surface area contributed by atoms with Gasteiger partial charge in [0, 0.05) is 36.3 Å². The van der Waals surface area contributed by atoms with Crippen molar-refractivity contribution in [2.75, 3.05) is 182 Å². The maximum absolute atomic E-state index is 12.1. The Morgan fingerprint density at radius 1 is 0.378 bits per heavy atom. The van der Waals surface area contributed by atoms with Crippen LogP contribution in [-0.4, -0.2) is 206 Å². The molecule has 4 aromatic rings. The molecule has 2 aliphatic rings. The van der Waals surface area contributed by atoms with Crippen molar-refractivity contribution in [2.24, 2.45) is 0 Å². The molecule has 0 unspecified atom stereocenters. The van der Waals surface area contributed by atoms with E-state index in [1.54, 1.807) is 0 Å². The van der Waals surface area contributed by atoms with Gasteiger partial charge >= 0.3 is 115 Å². The van der Waals surface area contributed by atoms with E-state index in [0.717, 1.165) is 46.0 Å². The predicted molar refractivity (Wildman–Crippen MR) is 260 cm³/mol. The molecule has 2 fully saturated rings. The van der Waals surface area contributed by atoms with Gasteiger partial charge in [0.15, 0.2) is 0 Å². The zero-order chi connectivity index (χ0) is 51.4. The minimum atomic E-state index is -2.19. The van der Waals surface area contributed by atoms with Gasteiger partial charge in [0.1, 0.15) is 0 Å². The van der Waals surface area contributed by atoms with Crippen LogP contribution in [0.25, 0.3) is 21.8 Å². The van der Waals surface area contributed by atoms with E-state index in [-0.39, 0.29) is 115 Å². The summed E-state index contributed by atoms with van der Waals surface area (Å²) in [5.74, 6) is -4.37. The van der Waals surface area contributed by atoms with Gasteiger partial charge in [-0.1, -0.05) is 24.3 Å². The molecule has 2 aromatic heterocycles. The van der Waals surface area contributed by atoms with Gasteiger partial charge in [-0.25, -0.2) is 9.59 Å². The molecule has 0 spiro atoms. The zero-order valence-corrected chi connectivity index (χ0v) is 49.2. The number of rotatable bonds is 7. The molecule has 2 aliphatic heterocycles. The molecule has 0 aliphatic carbocycles. The van der Waals surface area contributed by atoms with Crippen LogP contribution in [-0.2, 0) is 66.4 Å². The third-order valence-electron chi connectivity index (χ3n) is 9.48. The fraction of sp³-hybridized carbons (Fsp3) is 0.583. The van der Waals surface area contributed by atoms with Gasteiger partial charge in [0.2, 0.25) is 0 Å². The van der Waals surface area contributed by atoms with Crippen molar-refractivity contribution in [3.8, 4) is 0 Å². The summed E-state index contributed by atoms with van der Waals surface area (Å²) in [6.45, 7) is 15.1. The first-order valence-electron chi connectivity index (χ1n) is 23.9. The Hall–Kier alpha value is -2.21. The van der Waals surface area contributed by atoms with E-state index in [1.807, 2.05) is 60.9 Å². The molecule has 0 atom stereocenters. The number of para-hydroxylation sites is 2. The van der Waals surface area contributed by atoms with E-state index < -0.39 is 11.9 Å². The first-order chi connectivity index (χ1) is 35.3. The first kappa shape index (κ1) is 69.8. The van der Waals surface area contributed by atoms with Gasteiger partial charge in [-0.3, -0.25) is 0 Å². The molecule has 74 heavy (non-hydrogen) atoms. The van der Waals surface area contributed by atoms with Gasteiger partial charge in [0.25, 0.3) is 0 Å². The first-order valence-corrected chi connectivity index (χ1v) is 23.9. The normalized spacial score (nSPS) is 16.6. The van der Waals surface area contributed by atoms with E-state index in [0.29, 0.717) is 172 Å². The average Bonchev–Trinajstić information content (AvgIpc) is 4.08. The van der Waals surface area contributed by atoms with E-state index in [1.165, 1.54) is 0 Å². The van der Waals surface area contributed by atoms with Crippen LogP contribution < -0.4 is 134 Å². The summed E-state index contributed by atoms with van der Waals surface area (Å²) in [7, 11) is 0. The third-order valence-corrected chi connectivity index (χ3v) is 9.48. The molecule has 0 radical (unpaired) electrons. The second-order valence-corrected chi connectivity index (χ2v) is 14.9. The summed E-state index contributed by atoms with van der Waals surface area (Å²) >= 11 is 0. The molecular formula is C48H72K2N6O18. The van der Waals surface area contributed by atoms with Gasteiger partial charge in [-0.2, -0.15) is 0 Å². The summed E-state index contributed by atoms with van der Waals surface area (Å²) in [4.78, 5) is 48.3. The average molecular weight is 1100 g/mol. The second-order valence-electron chi connectivity index (χ2n) is 14.9. The summed E-state index contributed by atoms with van der Waals surface area (Å²) < 4.78 is 63.9. The fourth-order valence-corrected chi connectivity index (χ4v) is 6.00. The smallest absolute Gasteiger partial charge is 0.543 e. The van der Waals surface area contributed by atoms with Crippen molar-refractivity contribution in [2.45, 2.75) is 12.8 Å². The van der Waals surface area contributed by atoms with Crippen molar-refractivity contribution in [1.29, 1.82) is 0 Å². The predicted octanol–water partition coefficient (Wildman–Crippen LogP) is -4.93. The standard InChI is InChI=1S/C22H24N6O2.2C12H24O6.C2H2O4.2K/c29-21(27-17-7-3-5-15-9-13-23-19(15)17)25-11-1-2-12-26-22(30)28-18-8-4-6-16-10-14-24-20(16)18;2*1-2-14-5-6-16-9-10-18-12-11-17-8-7-15-4-3-13-1;3-1(4)2(5)6;;/h3-10,13-14,23-24H,1-2,11-12H2,(H2,25,27,29)(H2,26,28,30);2*1-12H2;(H,3,4)(H,5,6);;/q;;;;2*+1/p-2. The van der Waals surface area contributed by atoms with Gasteiger partial charge < -0.3 is 108 Å². The summed E-state index contributed by atoms with van der Waals surface area (Å²) in [6.07, 6.45) is 5.20. The van der Waals surface area contributed by atoms with Crippen molar-refractivity contribution < 1.29 is 189 Å². The van der Waals surface area contributed by atoms with Gasteiger partial charge in [0.05, 0.1) is 193 Å². The van der Waals surface area contributed by atoms with Crippen LogP contribution in [0.2, 0.25) is 0 Å². The van der Waals surface area contributed by atoms with Crippen LogP contribution in [0.5, 0.6) is 0 Å². The molecular weight excluding hydrogens is 1030 g/mol. The number of amides is 4. The topological polar surface area (TPSA) is 305 Å². The number of aliphatic carboxylic acids is 2. The van der Waals surface area contributed by atoms with Crippen LogP contribution in [0.1, 0.15) is 12.8 Å². The Labute approximate surface area is 517 Å². The summed E-state index contributed by atoms with van der Waals surface area (Å²) in [5, 5.41) is 31.3. The quantitative estimate of drug-likeness (QED) is 0.0574. The van der Waals surface area contributed by atoms with Crippen molar-refractivity contribution in [3.05, 3.63) is 60.9 Å². The number of carboxylic acids is 2. The van der Waals surface area contributed by atoms with E-state index in [2.05, 4.69) is 31.2 Å². The Morgan fingerprint density at radius 2 is 0.608 bits per heavy atom. The minimum absolute atomic E-state index is 0. The van der Waals surface area contributed by atoms with E-state index in [4.69, 9.17) is 76.6 Å². The minimum Gasteiger partial charge on any atom is -0.543 e. The molecule has 0 bridgehead atoms. The number of anilines is 2. The number of carboxylic acid groups (broad SMARTS) is 2. The number of fused-ring (bicyclic) bond motifs is 2. The van der Waals surface area contributed by atoms with Gasteiger partial charge in [-0.05, 0) is 37.1 Å². The summed E-state index contributed by atoms with van der Waals surface area (Å²) in [5.41, 5.74) is 3.28. The maximum Gasteiger partial charge on any atom is 1.00 e.